The standard InChI is InChI=1S/C12H13N3O3S/c1-15-7-6-13-11(15)12(16)14-9-4-3-5-10(8-9)19(2,17)18/h3-8H,1-2H3,(H,14,16). The van der Waals surface area contributed by atoms with Gasteiger partial charge in [0.05, 0.1) is 4.90 Å². The molecule has 0 saturated heterocycles. The summed E-state index contributed by atoms with van der Waals surface area (Å²) in [7, 11) is -1.59. The quantitative estimate of drug-likeness (QED) is 0.911. The summed E-state index contributed by atoms with van der Waals surface area (Å²) in [5, 5.41) is 2.61. The molecule has 0 radical (unpaired) electrons. The van der Waals surface area contributed by atoms with Crippen molar-refractivity contribution in [2.24, 2.45) is 7.05 Å². The molecule has 2 rings (SSSR count). The molecule has 0 aliphatic heterocycles. The first kappa shape index (κ1) is 13.3. The van der Waals surface area contributed by atoms with Crippen LogP contribution in [0.5, 0.6) is 0 Å². The number of imidazole rings is 1. The third kappa shape index (κ3) is 3.00. The number of aryl methyl sites for hydroxylation is 1. The largest absolute Gasteiger partial charge is 0.330 e. The Morgan fingerprint density at radius 3 is 2.68 bits per heavy atom. The van der Waals surface area contributed by atoms with Gasteiger partial charge >= 0.3 is 0 Å². The Morgan fingerprint density at radius 1 is 1.37 bits per heavy atom. The molecule has 19 heavy (non-hydrogen) atoms. The Balaban J connectivity index is 2.25. The first-order valence-corrected chi connectivity index (χ1v) is 7.36. The van der Waals surface area contributed by atoms with Crippen LogP contribution in [0.4, 0.5) is 5.69 Å². The number of anilines is 1. The highest BCUT2D eigenvalue weighted by molar-refractivity contribution is 7.90. The van der Waals surface area contributed by atoms with Gasteiger partial charge in [-0.2, -0.15) is 0 Å². The van der Waals surface area contributed by atoms with Gasteiger partial charge in [-0.05, 0) is 18.2 Å². The van der Waals surface area contributed by atoms with Crippen molar-refractivity contribution in [3.05, 3.63) is 42.5 Å². The molecular weight excluding hydrogens is 266 g/mol. The number of carbonyl (C=O) groups excluding carboxylic acids is 1. The van der Waals surface area contributed by atoms with Crippen molar-refractivity contribution < 1.29 is 13.2 Å². The van der Waals surface area contributed by atoms with Crippen LogP contribution in [0, 0.1) is 0 Å². The highest BCUT2D eigenvalue weighted by Crippen LogP contribution is 2.15. The number of hydrogen-bond acceptors (Lipinski definition) is 4. The Hall–Kier alpha value is -2.15. The summed E-state index contributed by atoms with van der Waals surface area (Å²) in [4.78, 5) is 16.0. The fourth-order valence-electron chi connectivity index (χ4n) is 1.58. The van der Waals surface area contributed by atoms with Crippen LogP contribution in [0.1, 0.15) is 10.6 Å². The number of sulfone groups is 1. The van der Waals surface area contributed by atoms with Gasteiger partial charge in [0.15, 0.2) is 15.7 Å². The minimum absolute atomic E-state index is 0.158. The van der Waals surface area contributed by atoms with Crippen LogP contribution in [0.15, 0.2) is 41.6 Å². The Morgan fingerprint density at radius 2 is 2.11 bits per heavy atom. The first-order valence-electron chi connectivity index (χ1n) is 5.47. The van der Waals surface area contributed by atoms with Gasteiger partial charge in [0.2, 0.25) is 0 Å². The number of nitrogens with one attached hydrogen (secondary N) is 1. The summed E-state index contributed by atoms with van der Waals surface area (Å²) in [6.45, 7) is 0. The average Bonchev–Trinajstić information content (AvgIpc) is 2.75. The van der Waals surface area contributed by atoms with Crippen LogP contribution in [0.2, 0.25) is 0 Å². The second-order valence-electron chi connectivity index (χ2n) is 4.12. The molecule has 2 aromatic rings. The average molecular weight is 279 g/mol. The molecule has 0 fully saturated rings. The van der Waals surface area contributed by atoms with E-state index in [0.717, 1.165) is 6.26 Å². The molecule has 0 bridgehead atoms. The van der Waals surface area contributed by atoms with E-state index >= 15 is 0 Å². The lowest BCUT2D eigenvalue weighted by Gasteiger charge is -2.06. The maximum atomic E-state index is 11.9. The second-order valence-corrected chi connectivity index (χ2v) is 6.13. The summed E-state index contributed by atoms with van der Waals surface area (Å²) < 4.78 is 24.4. The van der Waals surface area contributed by atoms with Gasteiger partial charge in [0.1, 0.15) is 0 Å². The number of rotatable bonds is 3. The van der Waals surface area contributed by atoms with E-state index in [1.807, 2.05) is 0 Å². The van der Waals surface area contributed by atoms with Crippen LogP contribution in [0.25, 0.3) is 0 Å². The normalized spacial score (nSPS) is 11.3. The molecule has 1 heterocycles. The van der Waals surface area contributed by atoms with E-state index in [1.54, 1.807) is 29.9 Å². The molecule has 1 amide bonds. The number of hydrogen-bond donors (Lipinski definition) is 1. The van der Waals surface area contributed by atoms with Crippen molar-refractivity contribution in [1.82, 2.24) is 9.55 Å². The number of benzene rings is 1. The number of aromatic nitrogens is 2. The molecular formula is C12H13N3O3S. The van der Waals surface area contributed by atoms with Gasteiger partial charge in [-0.3, -0.25) is 4.79 Å². The number of amides is 1. The molecule has 6 nitrogen and oxygen atoms in total. The second kappa shape index (κ2) is 4.85. The Labute approximate surface area is 111 Å². The van der Waals surface area contributed by atoms with E-state index in [4.69, 9.17) is 0 Å². The molecule has 0 atom stereocenters. The van der Waals surface area contributed by atoms with Crippen molar-refractivity contribution >= 4 is 21.4 Å². The van der Waals surface area contributed by atoms with Crippen LogP contribution in [0.3, 0.4) is 0 Å². The van der Waals surface area contributed by atoms with Gasteiger partial charge in [0.25, 0.3) is 5.91 Å². The third-order valence-corrected chi connectivity index (χ3v) is 3.65. The zero-order valence-corrected chi connectivity index (χ0v) is 11.3. The van der Waals surface area contributed by atoms with Gasteiger partial charge in [-0.25, -0.2) is 13.4 Å². The van der Waals surface area contributed by atoms with Crippen molar-refractivity contribution in [1.29, 1.82) is 0 Å². The van der Waals surface area contributed by atoms with Crippen molar-refractivity contribution in [3.8, 4) is 0 Å². The molecule has 0 aliphatic carbocycles. The summed E-state index contributed by atoms with van der Waals surface area (Å²) in [5.41, 5.74) is 0.413. The van der Waals surface area contributed by atoms with Gasteiger partial charge < -0.3 is 9.88 Å². The molecule has 1 N–H and O–H groups in total. The molecule has 0 spiro atoms. The van der Waals surface area contributed by atoms with Gasteiger partial charge in [0, 0.05) is 31.4 Å². The maximum Gasteiger partial charge on any atom is 0.291 e. The zero-order valence-electron chi connectivity index (χ0n) is 10.5. The molecule has 0 aliphatic rings. The summed E-state index contributed by atoms with van der Waals surface area (Å²) in [6.07, 6.45) is 4.29. The topological polar surface area (TPSA) is 81.1 Å². The van der Waals surface area contributed by atoms with Gasteiger partial charge in [-0.15, -0.1) is 0 Å². The van der Waals surface area contributed by atoms with E-state index in [1.165, 1.54) is 18.3 Å². The van der Waals surface area contributed by atoms with Crippen molar-refractivity contribution in [2.75, 3.05) is 11.6 Å². The van der Waals surface area contributed by atoms with Crippen LogP contribution in [-0.4, -0.2) is 30.1 Å². The molecule has 0 unspecified atom stereocenters. The third-order valence-electron chi connectivity index (χ3n) is 2.54. The zero-order chi connectivity index (χ0) is 14.0. The highest BCUT2D eigenvalue weighted by Gasteiger charge is 2.12. The lowest BCUT2D eigenvalue weighted by atomic mass is 10.3. The van der Waals surface area contributed by atoms with Crippen LogP contribution >= 0.6 is 0 Å². The minimum atomic E-state index is -3.30. The molecule has 0 saturated carbocycles. The Bertz CT molecular complexity index is 719. The predicted octanol–water partition coefficient (Wildman–Crippen LogP) is 1.08. The van der Waals surface area contributed by atoms with E-state index in [9.17, 15) is 13.2 Å². The summed E-state index contributed by atoms with van der Waals surface area (Å²) in [5.74, 6) is -0.136. The SMILES string of the molecule is Cn1ccnc1C(=O)Nc1cccc(S(C)(=O)=O)c1. The lowest BCUT2D eigenvalue weighted by molar-refractivity contribution is 0.101. The van der Waals surface area contributed by atoms with Crippen molar-refractivity contribution in [3.63, 3.8) is 0 Å². The molecule has 7 heteroatoms. The van der Waals surface area contributed by atoms with Gasteiger partial charge in [-0.1, -0.05) is 6.07 Å². The smallest absolute Gasteiger partial charge is 0.291 e. The van der Waals surface area contributed by atoms with Crippen LogP contribution in [-0.2, 0) is 16.9 Å². The number of carbonyl (C=O) groups is 1. The highest BCUT2D eigenvalue weighted by atomic mass is 32.2. The maximum absolute atomic E-state index is 11.9. The Kier molecular flexibility index (Phi) is 3.39. The van der Waals surface area contributed by atoms with E-state index in [-0.39, 0.29) is 10.7 Å². The van der Waals surface area contributed by atoms with Crippen molar-refractivity contribution in [2.45, 2.75) is 4.90 Å². The fraction of sp³-hybridized carbons (Fsp3) is 0.167. The molecule has 100 valence electrons. The molecule has 1 aromatic heterocycles. The fourth-order valence-corrected chi connectivity index (χ4v) is 2.24. The monoisotopic (exact) mass is 279 g/mol. The van der Waals surface area contributed by atoms with E-state index in [0.29, 0.717) is 5.69 Å². The molecule has 1 aromatic carbocycles. The number of nitrogens with zero attached hydrogens (tertiary/aromatic N) is 2. The lowest BCUT2D eigenvalue weighted by Crippen LogP contribution is -2.16. The minimum Gasteiger partial charge on any atom is -0.330 e. The summed E-state index contributed by atoms with van der Waals surface area (Å²) in [6, 6.07) is 6.09. The summed E-state index contributed by atoms with van der Waals surface area (Å²) >= 11 is 0. The van der Waals surface area contributed by atoms with E-state index < -0.39 is 15.7 Å². The predicted molar refractivity (Wildman–Crippen MR) is 70.7 cm³/mol. The van der Waals surface area contributed by atoms with E-state index in [2.05, 4.69) is 10.3 Å². The first-order chi connectivity index (χ1) is 8.88. The van der Waals surface area contributed by atoms with Crippen LogP contribution < -0.4 is 5.32 Å².